The molecule has 3 aliphatic rings. The van der Waals surface area contributed by atoms with Gasteiger partial charge in [0, 0.05) is 29.3 Å². The highest BCUT2D eigenvalue weighted by molar-refractivity contribution is 6.33. The number of hydrogen-bond acceptors (Lipinski definition) is 4. The van der Waals surface area contributed by atoms with E-state index in [0.717, 1.165) is 12.8 Å². The Morgan fingerprint density at radius 3 is 2.61 bits per heavy atom. The molecular formula is C20H15ClF2N2O3. The van der Waals surface area contributed by atoms with Gasteiger partial charge in [0.1, 0.15) is 5.82 Å². The fourth-order valence-corrected chi connectivity index (χ4v) is 4.38. The molecule has 3 atom stereocenters. The third kappa shape index (κ3) is 2.99. The van der Waals surface area contributed by atoms with Gasteiger partial charge in [-0.25, -0.2) is 4.98 Å². The molecule has 8 heteroatoms. The smallest absolute Gasteiger partial charge is 0.395 e. The summed E-state index contributed by atoms with van der Waals surface area (Å²) in [6.07, 6.45) is 4.06. The fourth-order valence-electron chi connectivity index (χ4n) is 4.12. The number of alkyl halides is 2. The van der Waals surface area contributed by atoms with Gasteiger partial charge in [0.15, 0.2) is 11.5 Å². The van der Waals surface area contributed by atoms with E-state index in [1.54, 1.807) is 12.1 Å². The van der Waals surface area contributed by atoms with Gasteiger partial charge in [-0.1, -0.05) is 23.8 Å². The van der Waals surface area contributed by atoms with E-state index in [4.69, 9.17) is 11.6 Å². The van der Waals surface area contributed by atoms with Crippen LogP contribution in [0.2, 0.25) is 5.02 Å². The van der Waals surface area contributed by atoms with Gasteiger partial charge in [-0.3, -0.25) is 4.79 Å². The Labute approximate surface area is 164 Å². The minimum Gasteiger partial charge on any atom is -0.395 e. The van der Waals surface area contributed by atoms with Crippen molar-refractivity contribution in [2.24, 2.45) is 17.8 Å². The summed E-state index contributed by atoms with van der Waals surface area (Å²) in [7, 11) is 0. The van der Waals surface area contributed by atoms with Crippen LogP contribution in [0.25, 0.3) is 11.1 Å². The van der Waals surface area contributed by atoms with E-state index in [9.17, 15) is 13.6 Å². The highest BCUT2D eigenvalue weighted by Gasteiger charge is 2.44. The Morgan fingerprint density at radius 1 is 1.18 bits per heavy atom. The zero-order valence-corrected chi connectivity index (χ0v) is 15.2. The first-order valence-corrected chi connectivity index (χ1v) is 9.31. The maximum Gasteiger partial charge on any atom is 0.586 e. The predicted octanol–water partition coefficient (Wildman–Crippen LogP) is 4.87. The number of carbonyl (C=O) groups excluding carboxylic acids is 1. The van der Waals surface area contributed by atoms with Crippen molar-refractivity contribution in [1.29, 1.82) is 0 Å². The second-order valence-electron chi connectivity index (χ2n) is 7.25. The van der Waals surface area contributed by atoms with Crippen molar-refractivity contribution in [2.45, 2.75) is 19.1 Å². The monoisotopic (exact) mass is 404 g/mol. The first-order valence-electron chi connectivity index (χ1n) is 8.93. The number of fused-ring (bicyclic) bond motifs is 3. The molecule has 144 valence electrons. The summed E-state index contributed by atoms with van der Waals surface area (Å²) < 4.78 is 35.3. The van der Waals surface area contributed by atoms with Crippen LogP contribution in [0.1, 0.15) is 12.8 Å². The molecule has 2 aromatic rings. The van der Waals surface area contributed by atoms with Gasteiger partial charge in [0.05, 0.1) is 5.02 Å². The zero-order chi connectivity index (χ0) is 19.5. The second kappa shape index (κ2) is 6.17. The summed E-state index contributed by atoms with van der Waals surface area (Å²) in [5.74, 6) is 1.01. The van der Waals surface area contributed by atoms with Crippen LogP contribution in [-0.4, -0.2) is 17.2 Å². The number of halogens is 3. The summed E-state index contributed by atoms with van der Waals surface area (Å²) in [5, 5.41) is 3.08. The highest BCUT2D eigenvalue weighted by atomic mass is 35.5. The van der Waals surface area contributed by atoms with Gasteiger partial charge in [0.2, 0.25) is 5.91 Å². The Morgan fingerprint density at radius 2 is 1.96 bits per heavy atom. The summed E-state index contributed by atoms with van der Waals surface area (Å²) in [6, 6.07) is 6.04. The number of nitrogens with zero attached hydrogens (tertiary/aromatic N) is 1. The van der Waals surface area contributed by atoms with E-state index in [1.807, 2.05) is 0 Å². The van der Waals surface area contributed by atoms with Crippen molar-refractivity contribution in [3.8, 4) is 22.6 Å². The first-order chi connectivity index (χ1) is 13.4. The van der Waals surface area contributed by atoms with Crippen LogP contribution < -0.4 is 14.8 Å². The molecule has 1 aromatic heterocycles. The molecule has 1 N–H and O–H groups in total. The van der Waals surface area contributed by atoms with Crippen molar-refractivity contribution >= 4 is 23.3 Å². The molecule has 1 aliphatic heterocycles. The van der Waals surface area contributed by atoms with E-state index >= 15 is 0 Å². The number of ether oxygens (including phenoxy) is 2. The van der Waals surface area contributed by atoms with E-state index in [0.29, 0.717) is 28.8 Å². The molecule has 5 nitrogen and oxygen atoms in total. The quantitative estimate of drug-likeness (QED) is 0.741. The summed E-state index contributed by atoms with van der Waals surface area (Å²) in [5.41, 5.74) is 1.08. The lowest BCUT2D eigenvalue weighted by Gasteiger charge is -2.17. The van der Waals surface area contributed by atoms with Crippen molar-refractivity contribution in [2.75, 3.05) is 5.32 Å². The lowest BCUT2D eigenvalue weighted by molar-refractivity contribution is -0.286. The van der Waals surface area contributed by atoms with Gasteiger partial charge < -0.3 is 14.8 Å². The van der Waals surface area contributed by atoms with Crippen LogP contribution in [0.3, 0.4) is 0 Å². The number of rotatable bonds is 3. The highest BCUT2D eigenvalue weighted by Crippen LogP contribution is 2.46. The van der Waals surface area contributed by atoms with Gasteiger partial charge in [0.25, 0.3) is 0 Å². The normalized spacial score (nSPS) is 25.9. The van der Waals surface area contributed by atoms with Gasteiger partial charge in [-0.05, 0) is 42.9 Å². The third-order valence-electron chi connectivity index (χ3n) is 5.43. The number of nitrogens with one attached hydrogen (secondary N) is 1. The summed E-state index contributed by atoms with van der Waals surface area (Å²) in [6.45, 7) is 0. The maximum atomic E-state index is 13.2. The fraction of sp³-hybridized carbons (Fsp3) is 0.300. The van der Waals surface area contributed by atoms with Gasteiger partial charge in [-0.15, -0.1) is 8.78 Å². The molecule has 0 radical (unpaired) electrons. The maximum absolute atomic E-state index is 13.2. The van der Waals surface area contributed by atoms with Crippen LogP contribution in [0.5, 0.6) is 11.5 Å². The largest absolute Gasteiger partial charge is 0.586 e. The average molecular weight is 405 g/mol. The average Bonchev–Trinajstić information content (AvgIpc) is 3.34. The zero-order valence-electron chi connectivity index (χ0n) is 14.5. The van der Waals surface area contributed by atoms with E-state index in [2.05, 4.69) is 31.9 Å². The Hall–Kier alpha value is -2.67. The molecule has 1 fully saturated rings. The van der Waals surface area contributed by atoms with Gasteiger partial charge in [-0.2, -0.15) is 0 Å². The minimum absolute atomic E-state index is 0.0125. The lowest BCUT2D eigenvalue weighted by atomic mass is 9.93. The Balaban J connectivity index is 1.33. The molecule has 28 heavy (non-hydrogen) atoms. The molecule has 2 aliphatic carbocycles. The third-order valence-corrected chi connectivity index (χ3v) is 5.75. The van der Waals surface area contributed by atoms with Crippen LogP contribution >= 0.6 is 11.6 Å². The summed E-state index contributed by atoms with van der Waals surface area (Å²) in [4.78, 5) is 16.8. The van der Waals surface area contributed by atoms with Crippen molar-refractivity contribution in [3.05, 3.63) is 47.6 Å². The standard InChI is InChI=1S/C20H15ClF2N2O3/c21-15-8-17-16(27-20(22,23)28-17)7-13(15)12-3-4-18(24-9-12)25-19(26)14-6-10-1-2-11(14)5-10/h1-4,7-11,14H,5-6H2,(H,24,25,26)/t10-,11+,14-/m1/s1. The van der Waals surface area contributed by atoms with E-state index in [-0.39, 0.29) is 28.3 Å². The number of pyridine rings is 1. The Bertz CT molecular complexity index is 994. The molecule has 1 saturated carbocycles. The van der Waals surface area contributed by atoms with Gasteiger partial charge >= 0.3 is 6.29 Å². The minimum atomic E-state index is -3.70. The lowest BCUT2D eigenvalue weighted by Crippen LogP contribution is -2.26. The molecule has 1 amide bonds. The molecule has 0 saturated heterocycles. The molecule has 1 aromatic carbocycles. The molecule has 0 unspecified atom stereocenters. The number of hydrogen-bond donors (Lipinski definition) is 1. The molecule has 2 heterocycles. The second-order valence-corrected chi connectivity index (χ2v) is 7.66. The van der Waals surface area contributed by atoms with Crippen molar-refractivity contribution in [1.82, 2.24) is 4.98 Å². The number of benzene rings is 1. The topological polar surface area (TPSA) is 60.5 Å². The molecule has 0 spiro atoms. The van der Waals surface area contributed by atoms with E-state index in [1.165, 1.54) is 18.3 Å². The van der Waals surface area contributed by atoms with Crippen LogP contribution in [0.4, 0.5) is 14.6 Å². The molecule has 5 rings (SSSR count). The number of amides is 1. The number of carbonyl (C=O) groups is 1. The number of allylic oxidation sites excluding steroid dienone is 2. The SMILES string of the molecule is O=C(Nc1ccc(-c2cc3c(cc2Cl)OC(F)(F)O3)cn1)[C@@H]1C[C@@H]2C=C[C@H]1C2. The molecule has 2 bridgehead atoms. The van der Waals surface area contributed by atoms with Crippen molar-refractivity contribution in [3.63, 3.8) is 0 Å². The predicted molar refractivity (Wildman–Crippen MR) is 98.4 cm³/mol. The van der Waals surface area contributed by atoms with E-state index < -0.39 is 6.29 Å². The van der Waals surface area contributed by atoms with Crippen LogP contribution in [0.15, 0.2) is 42.6 Å². The first kappa shape index (κ1) is 17.4. The number of anilines is 1. The van der Waals surface area contributed by atoms with Crippen molar-refractivity contribution < 1.29 is 23.0 Å². The Kier molecular flexibility index (Phi) is 3.84. The van der Waals surface area contributed by atoms with Crippen LogP contribution in [0, 0.1) is 17.8 Å². The molecular weight excluding hydrogens is 390 g/mol. The number of aromatic nitrogens is 1. The summed E-state index contributed by atoms with van der Waals surface area (Å²) >= 11 is 6.20. The van der Waals surface area contributed by atoms with Crippen LogP contribution in [-0.2, 0) is 4.79 Å².